The van der Waals surface area contributed by atoms with Crippen LogP contribution in [-0.2, 0) is 14.8 Å². The molecule has 2 N–H and O–H groups in total. The van der Waals surface area contributed by atoms with Crippen LogP contribution in [0.4, 0.5) is 0 Å². The SMILES string of the molecule is CC(CNS(=O)(=O)c1ccc(Cl)cc1)c1ccc(OCC(=O)O)c(Cl)c1. The summed E-state index contributed by atoms with van der Waals surface area (Å²) < 4.78 is 32.2. The van der Waals surface area contributed by atoms with Gasteiger partial charge in [-0.25, -0.2) is 17.9 Å². The van der Waals surface area contributed by atoms with Crippen molar-refractivity contribution < 1.29 is 23.1 Å². The van der Waals surface area contributed by atoms with Gasteiger partial charge in [-0.15, -0.1) is 0 Å². The number of hydrogen-bond donors (Lipinski definition) is 2. The van der Waals surface area contributed by atoms with Gasteiger partial charge in [0.1, 0.15) is 5.75 Å². The van der Waals surface area contributed by atoms with Crippen LogP contribution in [0.2, 0.25) is 10.0 Å². The highest BCUT2D eigenvalue weighted by Crippen LogP contribution is 2.28. The third kappa shape index (κ3) is 5.60. The Morgan fingerprint density at radius 2 is 1.85 bits per heavy atom. The Balaban J connectivity index is 2.03. The monoisotopic (exact) mass is 417 g/mol. The molecule has 0 aliphatic rings. The van der Waals surface area contributed by atoms with Crippen LogP contribution in [0.1, 0.15) is 18.4 Å². The lowest BCUT2D eigenvalue weighted by atomic mass is 10.0. The van der Waals surface area contributed by atoms with Crippen LogP contribution in [0.15, 0.2) is 47.4 Å². The molecule has 0 aliphatic carbocycles. The number of benzene rings is 2. The van der Waals surface area contributed by atoms with Gasteiger partial charge in [0.05, 0.1) is 9.92 Å². The molecule has 6 nitrogen and oxygen atoms in total. The van der Waals surface area contributed by atoms with Crippen molar-refractivity contribution in [2.45, 2.75) is 17.7 Å². The van der Waals surface area contributed by atoms with E-state index in [4.69, 9.17) is 33.0 Å². The maximum Gasteiger partial charge on any atom is 0.341 e. The first-order chi connectivity index (χ1) is 12.2. The molecule has 0 fully saturated rings. The quantitative estimate of drug-likeness (QED) is 0.684. The topological polar surface area (TPSA) is 92.7 Å². The van der Waals surface area contributed by atoms with Crippen LogP contribution in [-0.4, -0.2) is 32.6 Å². The highest BCUT2D eigenvalue weighted by molar-refractivity contribution is 7.89. The average molecular weight is 418 g/mol. The Bertz CT molecular complexity index is 885. The lowest BCUT2D eigenvalue weighted by Gasteiger charge is -2.15. The van der Waals surface area contributed by atoms with Gasteiger partial charge in [0, 0.05) is 11.6 Å². The van der Waals surface area contributed by atoms with Crippen LogP contribution < -0.4 is 9.46 Å². The van der Waals surface area contributed by atoms with Crippen molar-refractivity contribution in [1.82, 2.24) is 4.72 Å². The number of carboxylic acid groups (broad SMARTS) is 1. The highest BCUT2D eigenvalue weighted by atomic mass is 35.5. The zero-order chi connectivity index (χ0) is 19.3. The van der Waals surface area contributed by atoms with Crippen molar-refractivity contribution in [2.75, 3.05) is 13.2 Å². The number of hydrogen-bond acceptors (Lipinski definition) is 4. The van der Waals surface area contributed by atoms with Gasteiger partial charge in [-0.2, -0.15) is 0 Å². The Morgan fingerprint density at radius 3 is 2.42 bits per heavy atom. The fourth-order valence-corrected chi connectivity index (χ4v) is 3.63. The van der Waals surface area contributed by atoms with Gasteiger partial charge in [-0.3, -0.25) is 0 Å². The molecule has 26 heavy (non-hydrogen) atoms. The number of sulfonamides is 1. The third-order valence-electron chi connectivity index (χ3n) is 3.58. The molecule has 2 aromatic rings. The maximum atomic E-state index is 12.3. The summed E-state index contributed by atoms with van der Waals surface area (Å²) in [6.07, 6.45) is 0. The van der Waals surface area contributed by atoms with E-state index in [0.29, 0.717) is 5.02 Å². The predicted molar refractivity (Wildman–Crippen MR) is 99.6 cm³/mol. The largest absolute Gasteiger partial charge is 0.480 e. The van der Waals surface area contributed by atoms with E-state index in [-0.39, 0.29) is 28.1 Å². The summed E-state index contributed by atoms with van der Waals surface area (Å²) in [5, 5.41) is 9.34. The van der Waals surface area contributed by atoms with Crippen molar-refractivity contribution in [1.29, 1.82) is 0 Å². The minimum atomic E-state index is -3.65. The molecule has 0 bridgehead atoms. The van der Waals surface area contributed by atoms with Crippen molar-refractivity contribution in [3.05, 3.63) is 58.1 Å². The minimum Gasteiger partial charge on any atom is -0.480 e. The molecule has 1 atom stereocenters. The predicted octanol–water partition coefficient (Wildman–Crippen LogP) is 3.54. The molecule has 1 unspecified atom stereocenters. The zero-order valence-electron chi connectivity index (χ0n) is 13.8. The second-order valence-electron chi connectivity index (χ2n) is 5.58. The zero-order valence-corrected chi connectivity index (χ0v) is 16.1. The summed E-state index contributed by atoms with van der Waals surface area (Å²) in [5.41, 5.74) is 0.788. The lowest BCUT2D eigenvalue weighted by Crippen LogP contribution is -2.27. The standard InChI is InChI=1S/C17H17Cl2NO5S/c1-11(9-20-26(23,24)14-5-3-13(18)4-6-14)12-2-7-16(15(19)8-12)25-10-17(21)22/h2-8,11,20H,9-10H2,1H3,(H,21,22). The van der Waals surface area contributed by atoms with Gasteiger partial charge < -0.3 is 9.84 Å². The Kier molecular flexibility index (Phi) is 6.88. The second-order valence-corrected chi connectivity index (χ2v) is 8.19. The number of nitrogens with one attached hydrogen (secondary N) is 1. The van der Waals surface area contributed by atoms with Gasteiger partial charge in [-0.05, 0) is 47.9 Å². The van der Waals surface area contributed by atoms with Gasteiger partial charge in [0.2, 0.25) is 10.0 Å². The molecule has 140 valence electrons. The first kappa shape index (κ1) is 20.5. The number of ether oxygens (including phenoxy) is 1. The van der Waals surface area contributed by atoms with E-state index in [2.05, 4.69) is 4.72 Å². The molecular weight excluding hydrogens is 401 g/mol. The average Bonchev–Trinajstić information content (AvgIpc) is 2.59. The van der Waals surface area contributed by atoms with E-state index < -0.39 is 22.6 Å². The molecule has 0 saturated heterocycles. The third-order valence-corrected chi connectivity index (χ3v) is 5.57. The fourth-order valence-electron chi connectivity index (χ4n) is 2.13. The molecule has 0 amide bonds. The molecule has 0 heterocycles. The van der Waals surface area contributed by atoms with E-state index in [1.807, 2.05) is 6.92 Å². The summed E-state index contributed by atoms with van der Waals surface area (Å²) in [6, 6.07) is 10.8. The van der Waals surface area contributed by atoms with E-state index in [0.717, 1.165) is 5.56 Å². The van der Waals surface area contributed by atoms with Gasteiger partial charge in [0.25, 0.3) is 0 Å². The first-order valence-corrected chi connectivity index (χ1v) is 9.82. The van der Waals surface area contributed by atoms with Crippen molar-refractivity contribution in [3.63, 3.8) is 0 Å². The van der Waals surface area contributed by atoms with E-state index in [1.54, 1.807) is 18.2 Å². The van der Waals surface area contributed by atoms with Gasteiger partial charge >= 0.3 is 5.97 Å². The van der Waals surface area contributed by atoms with Crippen LogP contribution >= 0.6 is 23.2 Å². The fraction of sp³-hybridized carbons (Fsp3) is 0.235. The smallest absolute Gasteiger partial charge is 0.341 e. The Hall–Kier alpha value is -1.80. The lowest BCUT2D eigenvalue weighted by molar-refractivity contribution is -0.139. The minimum absolute atomic E-state index is 0.129. The molecule has 0 radical (unpaired) electrons. The molecular formula is C17H17Cl2NO5S. The first-order valence-electron chi connectivity index (χ1n) is 7.58. The van der Waals surface area contributed by atoms with E-state index in [1.165, 1.54) is 24.3 Å². The summed E-state index contributed by atoms with van der Waals surface area (Å²) in [4.78, 5) is 10.7. The molecule has 0 aromatic heterocycles. The highest BCUT2D eigenvalue weighted by Gasteiger charge is 2.16. The number of carboxylic acids is 1. The van der Waals surface area contributed by atoms with Gasteiger partial charge in [-0.1, -0.05) is 36.2 Å². The van der Waals surface area contributed by atoms with Crippen molar-refractivity contribution in [3.8, 4) is 5.75 Å². The van der Waals surface area contributed by atoms with E-state index in [9.17, 15) is 13.2 Å². The maximum absolute atomic E-state index is 12.3. The van der Waals surface area contributed by atoms with Crippen molar-refractivity contribution >= 4 is 39.2 Å². The Morgan fingerprint density at radius 1 is 1.19 bits per heavy atom. The molecule has 0 aliphatic heterocycles. The Labute approximate surface area is 161 Å². The summed E-state index contributed by atoms with van der Waals surface area (Å²) in [5.74, 6) is -1.01. The van der Waals surface area contributed by atoms with Crippen LogP contribution in [0.25, 0.3) is 0 Å². The summed E-state index contributed by atoms with van der Waals surface area (Å²) in [6.45, 7) is 1.51. The molecule has 0 saturated carbocycles. The molecule has 2 rings (SSSR count). The molecule has 2 aromatic carbocycles. The number of aliphatic carboxylic acids is 1. The number of rotatable bonds is 8. The number of carbonyl (C=O) groups is 1. The van der Waals surface area contributed by atoms with Crippen LogP contribution in [0.5, 0.6) is 5.75 Å². The summed E-state index contributed by atoms with van der Waals surface area (Å²) in [7, 11) is -3.65. The normalized spacial score (nSPS) is 12.6. The summed E-state index contributed by atoms with van der Waals surface area (Å²) >= 11 is 11.9. The molecule has 9 heteroatoms. The van der Waals surface area contributed by atoms with Gasteiger partial charge in [0.15, 0.2) is 6.61 Å². The van der Waals surface area contributed by atoms with E-state index >= 15 is 0 Å². The number of halogens is 2. The molecule has 0 spiro atoms. The second kappa shape index (κ2) is 8.73. The van der Waals surface area contributed by atoms with Crippen molar-refractivity contribution in [2.24, 2.45) is 0 Å². The van der Waals surface area contributed by atoms with Crippen LogP contribution in [0.3, 0.4) is 0 Å². The van der Waals surface area contributed by atoms with Crippen LogP contribution in [0, 0.1) is 0 Å².